The zero-order valence-corrected chi connectivity index (χ0v) is 71.3. The van der Waals surface area contributed by atoms with Gasteiger partial charge in [0.2, 0.25) is 0 Å². The number of hydrogen-bond donors (Lipinski definition) is 0. The topological polar surface area (TPSA) is 0 Å². The fraction of sp³-hybridized carbons (Fsp3) is 0.287. The molecule has 0 aliphatic heterocycles. The molecule has 0 spiro atoms. The quantitative estimate of drug-likeness (QED) is 0.122. The number of benzene rings is 12. The average molecular weight is 1400 g/mol. The first-order valence-corrected chi connectivity index (χ1v) is 43.0. The van der Waals surface area contributed by atoms with E-state index in [1.165, 1.54) is 155 Å². The normalized spacial score (nSPS) is 10.2. The molecule has 0 saturated carbocycles. The van der Waals surface area contributed by atoms with Crippen LogP contribution >= 0.6 is 0 Å². The van der Waals surface area contributed by atoms with Crippen LogP contribution in [0.3, 0.4) is 0 Å². The van der Waals surface area contributed by atoms with Crippen LogP contribution in [0.4, 0.5) is 0 Å². The Morgan fingerprint density at radius 1 is 0.146 bits per heavy atom. The zero-order valence-electron chi connectivity index (χ0n) is 69.3. The summed E-state index contributed by atoms with van der Waals surface area (Å²) in [4.78, 5) is 0. The van der Waals surface area contributed by atoms with Crippen molar-refractivity contribution in [3.8, 4) is 0 Å². The highest BCUT2D eigenvalue weighted by molar-refractivity contribution is 7.10. The zero-order chi connectivity index (χ0) is 77.1. The van der Waals surface area contributed by atoms with Gasteiger partial charge in [-0.2, -0.15) is 0 Å². The fourth-order valence-electron chi connectivity index (χ4n) is 11.3. The summed E-state index contributed by atoms with van der Waals surface area (Å²) in [6.45, 7) is 63.1. The Morgan fingerprint density at radius 2 is 0.350 bits per heavy atom. The van der Waals surface area contributed by atoms with Gasteiger partial charge >= 0.3 is 0 Å². The second kappa shape index (κ2) is 44.6. The van der Waals surface area contributed by atoms with Gasteiger partial charge in [-0.15, -0.1) is 0 Å². The van der Waals surface area contributed by atoms with E-state index in [1.54, 1.807) is 5.19 Å². The Labute approximate surface area is 631 Å². The van der Waals surface area contributed by atoms with E-state index >= 15 is 0 Å². The molecule has 0 bridgehead atoms. The maximum atomic E-state index is 2.44. The van der Waals surface area contributed by atoms with Crippen LogP contribution in [0.25, 0.3) is 0 Å². The van der Waals surface area contributed by atoms with Gasteiger partial charge in [0.15, 0.2) is 0 Å². The van der Waals surface area contributed by atoms with Gasteiger partial charge in [0.1, 0.15) is 8.07 Å². The fourth-order valence-corrected chi connectivity index (χ4v) is 16.0. The smallest absolute Gasteiger partial charge is 0.0656 e. The highest BCUT2D eigenvalue weighted by atomic mass is 28.3. The largest absolute Gasteiger partial charge is 0.145 e. The molecule has 0 aromatic heterocycles. The summed E-state index contributed by atoms with van der Waals surface area (Å²) in [5.74, 6) is 0. The van der Waals surface area contributed by atoms with E-state index in [-0.39, 0.29) is 0 Å². The van der Waals surface area contributed by atoms with Gasteiger partial charge in [0, 0.05) is 0 Å². The number of aryl methyl sites for hydroxylation is 21. The van der Waals surface area contributed by atoms with Crippen LogP contribution in [-0.2, 0) is 0 Å². The Balaban J connectivity index is 0.000000302. The summed E-state index contributed by atoms with van der Waals surface area (Å²) >= 11 is 0. The van der Waals surface area contributed by atoms with Crippen LogP contribution in [0.5, 0.6) is 0 Å². The van der Waals surface area contributed by atoms with Crippen molar-refractivity contribution in [2.75, 3.05) is 0 Å². The van der Waals surface area contributed by atoms with Crippen LogP contribution in [0, 0.1) is 173 Å². The molecule has 0 aliphatic rings. The summed E-state index contributed by atoms with van der Waals surface area (Å²) in [6, 6.07) is 93.1. The number of hydrogen-bond acceptors (Lipinski definition) is 0. The van der Waals surface area contributed by atoms with Gasteiger partial charge in [-0.1, -0.05) is 320 Å². The molecule has 542 valence electrons. The van der Waals surface area contributed by atoms with E-state index in [0.717, 1.165) is 0 Å². The predicted molar refractivity (Wildman–Crippen MR) is 469 cm³/mol. The number of rotatable bonds is 4. The molecule has 0 saturated heterocycles. The van der Waals surface area contributed by atoms with Crippen molar-refractivity contribution in [3.63, 3.8) is 0 Å². The van der Waals surface area contributed by atoms with Crippen molar-refractivity contribution < 1.29 is 0 Å². The van der Waals surface area contributed by atoms with E-state index in [4.69, 9.17) is 0 Å². The minimum atomic E-state index is -1.88. The monoisotopic (exact) mass is 1400 g/mol. The van der Waals surface area contributed by atoms with Crippen molar-refractivity contribution in [2.45, 2.75) is 199 Å². The second-order valence-corrected chi connectivity index (χ2v) is 38.8. The maximum Gasteiger partial charge on any atom is 0.145 e. The van der Waals surface area contributed by atoms with Crippen molar-refractivity contribution in [3.05, 3.63) is 400 Å². The van der Waals surface area contributed by atoms with Crippen LogP contribution in [0.1, 0.15) is 139 Å². The maximum absolute atomic E-state index is 2.44. The molecular formula is C101H130Si2. The van der Waals surface area contributed by atoms with E-state index < -0.39 is 16.1 Å². The molecule has 0 atom stereocenters. The second-order valence-electron chi connectivity index (χ2n) is 29.8. The molecule has 12 aromatic rings. The Hall–Kier alpha value is -8.93. The predicted octanol–water partition coefficient (Wildman–Crippen LogP) is 26.2. The van der Waals surface area contributed by atoms with Gasteiger partial charge in [0.25, 0.3) is 0 Å². The van der Waals surface area contributed by atoms with Crippen molar-refractivity contribution in [2.24, 2.45) is 0 Å². The standard InChI is InChI=1S/C19H18Si.C10H16Si.2C10H14.4C9H12.2C8H10/c1-20(17-11-5-2-6-12-17,18-13-7-3-8-14-18)19-15-9-4-10-16-19;1-9-5-7-10(8-6-9)11(2,3)4;2*1-7-5-8(2)10(4)9(3)6-7;2*1-7-4-5-8(2)9(3)6-7;2*1-7-5-4-6-8(2)9(7)3;2*1-7-5-3-4-6-8(7)2/h2-16H,1H3;5-8H,1-4H3;2*5-6H,1-4H3;4*4-6H,1-3H3;2*3-6H,1-2H3. The lowest BCUT2D eigenvalue weighted by atomic mass is 10.0. The third kappa shape index (κ3) is 31.3. The lowest BCUT2D eigenvalue weighted by molar-refractivity contribution is 1.23. The summed E-state index contributed by atoms with van der Waals surface area (Å²) in [7, 11) is -2.93. The molecule has 0 N–H and O–H groups in total. The molecule has 0 fully saturated rings. The molecule has 0 nitrogen and oxygen atoms in total. The van der Waals surface area contributed by atoms with Crippen molar-refractivity contribution in [1.82, 2.24) is 0 Å². The molecule has 103 heavy (non-hydrogen) atoms. The Bertz CT molecular complexity index is 4020. The van der Waals surface area contributed by atoms with Gasteiger partial charge in [-0.05, 0) is 300 Å². The van der Waals surface area contributed by atoms with Crippen LogP contribution in [0.2, 0.25) is 26.2 Å². The molecule has 0 amide bonds. The highest BCUT2D eigenvalue weighted by Gasteiger charge is 2.33. The Morgan fingerprint density at radius 3 is 0.563 bits per heavy atom. The SMILES string of the molecule is C[Si](c1ccccc1)(c1ccccc1)c1ccccc1.Cc1cc(C)c(C)c(C)c1.Cc1cc(C)c(C)c(C)c1.Cc1ccc(C)c(C)c1.Cc1ccc(C)c(C)c1.Cc1ccc([Si](C)(C)C)cc1.Cc1cccc(C)c1C.Cc1cccc(C)c1C.Cc1ccccc1C.Cc1ccccc1C. The van der Waals surface area contributed by atoms with Crippen LogP contribution in [-0.4, -0.2) is 16.1 Å². The molecule has 0 heterocycles. The molecule has 2 heteroatoms. The average Bonchev–Trinajstić information content (AvgIpc) is 0.770. The molecule has 0 radical (unpaired) electrons. The van der Waals surface area contributed by atoms with Gasteiger partial charge in [-0.3, -0.25) is 0 Å². The van der Waals surface area contributed by atoms with Crippen LogP contribution < -0.4 is 20.7 Å². The van der Waals surface area contributed by atoms with Crippen molar-refractivity contribution in [1.29, 1.82) is 0 Å². The molecule has 12 rings (SSSR count). The summed E-state index contributed by atoms with van der Waals surface area (Å²) < 4.78 is 0. The van der Waals surface area contributed by atoms with Crippen LogP contribution in [0.15, 0.2) is 261 Å². The highest BCUT2D eigenvalue weighted by Crippen LogP contribution is 2.17. The minimum absolute atomic E-state index is 1.06. The van der Waals surface area contributed by atoms with E-state index in [2.05, 4.69) is 460 Å². The first kappa shape index (κ1) is 88.3. The first-order valence-electron chi connectivity index (χ1n) is 37.0. The third-order valence-electron chi connectivity index (χ3n) is 20.0. The summed E-state index contributed by atoms with van der Waals surface area (Å²) in [6.07, 6.45) is 0. The lowest BCUT2D eigenvalue weighted by Crippen LogP contribution is -2.64. The van der Waals surface area contributed by atoms with E-state index in [9.17, 15) is 0 Å². The Kier molecular flexibility index (Phi) is 38.2. The minimum Gasteiger partial charge on any atom is -0.0656 e. The van der Waals surface area contributed by atoms with Gasteiger partial charge in [-0.25, -0.2) is 0 Å². The molecule has 12 aromatic carbocycles. The van der Waals surface area contributed by atoms with Crippen molar-refractivity contribution >= 4 is 36.9 Å². The van der Waals surface area contributed by atoms with E-state index in [1.807, 2.05) is 0 Å². The summed E-state index contributed by atoms with van der Waals surface area (Å²) in [5.41, 5.74) is 34.6. The molecular weight excluding hydrogens is 1270 g/mol. The molecule has 0 unspecified atom stereocenters. The van der Waals surface area contributed by atoms with Gasteiger partial charge < -0.3 is 0 Å². The summed E-state index contributed by atoms with van der Waals surface area (Å²) in [5, 5.41) is 5.91. The lowest BCUT2D eigenvalue weighted by Gasteiger charge is -2.29. The first-order chi connectivity index (χ1) is 48.5. The van der Waals surface area contributed by atoms with E-state index in [0.29, 0.717) is 0 Å². The third-order valence-corrected chi connectivity index (χ3v) is 26.6. The molecule has 0 aliphatic carbocycles. The van der Waals surface area contributed by atoms with Gasteiger partial charge in [0.05, 0.1) is 8.07 Å².